The van der Waals surface area contributed by atoms with E-state index >= 15 is 0 Å². The Morgan fingerprint density at radius 1 is 0.941 bits per heavy atom. The Balaban J connectivity index is 0.000000153. The molecule has 0 amide bonds. The van der Waals surface area contributed by atoms with Gasteiger partial charge in [-0.3, -0.25) is 4.99 Å². The third-order valence-corrected chi connectivity index (χ3v) is 2.34. The summed E-state index contributed by atoms with van der Waals surface area (Å²) in [4.78, 5) is 8.13. The topological polar surface area (TPSA) is 43.2 Å². The zero-order chi connectivity index (χ0) is 11.9. The SMILES string of the molecule is CC1=NCCO1.c1ccc(C2=NCCO2)cc1. The van der Waals surface area contributed by atoms with Crippen LogP contribution in [0.3, 0.4) is 0 Å². The van der Waals surface area contributed by atoms with Gasteiger partial charge in [0.25, 0.3) is 0 Å². The van der Waals surface area contributed by atoms with Crippen LogP contribution in [0, 0.1) is 0 Å². The highest BCUT2D eigenvalue weighted by atomic mass is 16.5. The lowest BCUT2D eigenvalue weighted by Crippen LogP contribution is -1.99. The van der Waals surface area contributed by atoms with Crippen molar-refractivity contribution in [3.8, 4) is 0 Å². The number of hydrogen-bond acceptors (Lipinski definition) is 4. The van der Waals surface area contributed by atoms with Gasteiger partial charge >= 0.3 is 0 Å². The molecule has 2 aliphatic heterocycles. The lowest BCUT2D eigenvalue weighted by molar-refractivity contribution is 0.345. The molecule has 1 aromatic rings. The first-order valence-electron chi connectivity index (χ1n) is 5.73. The van der Waals surface area contributed by atoms with E-state index in [4.69, 9.17) is 9.47 Å². The first-order chi connectivity index (χ1) is 8.36. The summed E-state index contributed by atoms with van der Waals surface area (Å²) >= 11 is 0. The summed E-state index contributed by atoms with van der Waals surface area (Å²) in [5, 5.41) is 0. The van der Waals surface area contributed by atoms with Crippen molar-refractivity contribution in [2.45, 2.75) is 6.92 Å². The molecule has 0 spiro atoms. The smallest absolute Gasteiger partial charge is 0.216 e. The second-order valence-corrected chi connectivity index (χ2v) is 3.65. The fraction of sp³-hybridized carbons (Fsp3) is 0.385. The van der Waals surface area contributed by atoms with Gasteiger partial charge in [0.1, 0.15) is 13.2 Å². The van der Waals surface area contributed by atoms with Gasteiger partial charge in [-0.05, 0) is 12.1 Å². The molecular weight excluding hydrogens is 216 g/mol. The molecule has 17 heavy (non-hydrogen) atoms. The third kappa shape index (κ3) is 3.59. The van der Waals surface area contributed by atoms with Gasteiger partial charge in [-0.25, -0.2) is 4.99 Å². The summed E-state index contributed by atoms with van der Waals surface area (Å²) in [5.74, 6) is 1.61. The molecule has 0 fully saturated rings. The van der Waals surface area contributed by atoms with Crippen molar-refractivity contribution in [3.05, 3.63) is 35.9 Å². The summed E-state index contributed by atoms with van der Waals surface area (Å²) in [6.07, 6.45) is 0. The minimum absolute atomic E-state index is 0.726. The monoisotopic (exact) mass is 232 g/mol. The van der Waals surface area contributed by atoms with Crippen LogP contribution in [0.25, 0.3) is 0 Å². The van der Waals surface area contributed by atoms with E-state index in [-0.39, 0.29) is 0 Å². The van der Waals surface area contributed by atoms with Crippen molar-refractivity contribution in [3.63, 3.8) is 0 Å². The van der Waals surface area contributed by atoms with Crippen molar-refractivity contribution in [2.75, 3.05) is 26.3 Å². The molecule has 90 valence electrons. The van der Waals surface area contributed by atoms with Crippen molar-refractivity contribution >= 4 is 11.8 Å². The second kappa shape index (κ2) is 6.03. The van der Waals surface area contributed by atoms with Crippen molar-refractivity contribution in [1.29, 1.82) is 0 Å². The van der Waals surface area contributed by atoms with Crippen LogP contribution < -0.4 is 0 Å². The van der Waals surface area contributed by atoms with Crippen molar-refractivity contribution in [2.24, 2.45) is 9.98 Å². The van der Waals surface area contributed by atoms with Gasteiger partial charge in [0, 0.05) is 12.5 Å². The van der Waals surface area contributed by atoms with Gasteiger partial charge in [0.15, 0.2) is 5.90 Å². The van der Waals surface area contributed by atoms with E-state index in [0.717, 1.165) is 43.7 Å². The maximum atomic E-state index is 5.29. The molecule has 2 aliphatic rings. The predicted molar refractivity (Wildman–Crippen MR) is 67.7 cm³/mol. The van der Waals surface area contributed by atoms with Crippen LogP contribution in [0.4, 0.5) is 0 Å². The molecule has 0 unspecified atom stereocenters. The molecular formula is C13H16N2O2. The lowest BCUT2D eigenvalue weighted by atomic mass is 10.2. The molecule has 3 rings (SSSR count). The highest BCUT2D eigenvalue weighted by molar-refractivity contribution is 5.94. The minimum atomic E-state index is 0.726. The fourth-order valence-electron chi connectivity index (χ4n) is 1.53. The zero-order valence-corrected chi connectivity index (χ0v) is 9.93. The number of ether oxygens (including phenoxy) is 2. The molecule has 4 nitrogen and oxygen atoms in total. The van der Waals surface area contributed by atoms with Gasteiger partial charge in [-0.1, -0.05) is 18.2 Å². The van der Waals surface area contributed by atoms with Crippen LogP contribution in [0.5, 0.6) is 0 Å². The first-order valence-corrected chi connectivity index (χ1v) is 5.73. The van der Waals surface area contributed by atoms with E-state index in [0.29, 0.717) is 0 Å². The fourth-order valence-corrected chi connectivity index (χ4v) is 1.53. The molecule has 0 saturated carbocycles. The van der Waals surface area contributed by atoms with Crippen molar-refractivity contribution < 1.29 is 9.47 Å². The normalized spacial score (nSPS) is 17.2. The molecule has 0 atom stereocenters. The maximum Gasteiger partial charge on any atom is 0.216 e. The Bertz CT molecular complexity index is 413. The summed E-state index contributed by atoms with van der Waals surface area (Å²) in [6.45, 7) is 5.03. The molecule has 0 aliphatic carbocycles. The maximum absolute atomic E-state index is 5.29. The Kier molecular flexibility index (Phi) is 4.13. The second-order valence-electron chi connectivity index (χ2n) is 3.65. The van der Waals surface area contributed by atoms with E-state index in [9.17, 15) is 0 Å². The average molecular weight is 232 g/mol. The van der Waals surface area contributed by atoms with E-state index in [1.807, 2.05) is 37.3 Å². The summed E-state index contributed by atoms with van der Waals surface area (Å²) in [6, 6.07) is 9.96. The molecule has 0 aromatic heterocycles. The Hall–Kier alpha value is -1.84. The molecule has 0 bridgehead atoms. The molecule has 0 saturated heterocycles. The quantitative estimate of drug-likeness (QED) is 0.742. The number of aliphatic imine (C=N–C) groups is 2. The highest BCUT2D eigenvalue weighted by Gasteiger charge is 2.07. The molecule has 0 N–H and O–H groups in total. The number of nitrogens with zero attached hydrogens (tertiary/aromatic N) is 2. The minimum Gasteiger partial charge on any atom is -0.479 e. The molecule has 1 aromatic carbocycles. The van der Waals surface area contributed by atoms with Crippen LogP contribution in [0.2, 0.25) is 0 Å². The number of hydrogen-bond donors (Lipinski definition) is 0. The van der Waals surface area contributed by atoms with E-state index in [1.54, 1.807) is 0 Å². The Morgan fingerprint density at radius 2 is 1.65 bits per heavy atom. The van der Waals surface area contributed by atoms with Crippen molar-refractivity contribution in [1.82, 2.24) is 0 Å². The van der Waals surface area contributed by atoms with E-state index in [2.05, 4.69) is 9.98 Å². The third-order valence-electron chi connectivity index (χ3n) is 2.34. The van der Waals surface area contributed by atoms with E-state index < -0.39 is 0 Å². The van der Waals surface area contributed by atoms with Gasteiger partial charge in [0.05, 0.1) is 13.1 Å². The summed E-state index contributed by atoms with van der Waals surface area (Å²) in [7, 11) is 0. The summed E-state index contributed by atoms with van der Waals surface area (Å²) < 4.78 is 10.2. The first kappa shape index (κ1) is 11.6. The summed E-state index contributed by atoms with van der Waals surface area (Å²) in [5.41, 5.74) is 1.07. The standard InChI is InChI=1S/C9H9NO.C4H7NO/c1-2-4-8(5-3-1)9-10-6-7-11-9;1-4-5-2-3-6-4/h1-5H,6-7H2;2-3H2,1H3. The van der Waals surface area contributed by atoms with Crippen LogP contribution >= 0.6 is 0 Å². The lowest BCUT2D eigenvalue weighted by Gasteiger charge is -1.98. The van der Waals surface area contributed by atoms with Gasteiger partial charge < -0.3 is 9.47 Å². The number of benzene rings is 1. The zero-order valence-electron chi connectivity index (χ0n) is 9.93. The Labute approximate surface area is 101 Å². The van der Waals surface area contributed by atoms with Gasteiger partial charge in [-0.15, -0.1) is 0 Å². The largest absolute Gasteiger partial charge is 0.479 e. The van der Waals surface area contributed by atoms with Crippen LogP contribution in [-0.2, 0) is 9.47 Å². The van der Waals surface area contributed by atoms with E-state index in [1.165, 1.54) is 0 Å². The molecule has 0 radical (unpaired) electrons. The van der Waals surface area contributed by atoms with Gasteiger partial charge in [0.2, 0.25) is 5.90 Å². The van der Waals surface area contributed by atoms with Crippen LogP contribution in [-0.4, -0.2) is 38.1 Å². The predicted octanol–water partition coefficient (Wildman–Crippen LogP) is 1.90. The average Bonchev–Trinajstić information content (AvgIpc) is 3.03. The molecule has 2 heterocycles. The van der Waals surface area contributed by atoms with Crippen LogP contribution in [0.15, 0.2) is 40.3 Å². The Morgan fingerprint density at radius 3 is 2.12 bits per heavy atom. The number of rotatable bonds is 1. The van der Waals surface area contributed by atoms with Gasteiger partial charge in [-0.2, -0.15) is 0 Å². The van der Waals surface area contributed by atoms with Crippen LogP contribution in [0.1, 0.15) is 12.5 Å². The molecule has 4 heteroatoms. The highest BCUT2D eigenvalue weighted by Crippen LogP contribution is 2.06.